The van der Waals surface area contributed by atoms with Crippen LogP contribution in [0.25, 0.3) is 10.9 Å². The highest BCUT2D eigenvalue weighted by molar-refractivity contribution is 9.10. The second kappa shape index (κ2) is 3.24. The summed E-state index contributed by atoms with van der Waals surface area (Å²) in [5, 5.41) is 9.06. The molecule has 0 radical (unpaired) electrons. The van der Waals surface area contributed by atoms with Crippen LogP contribution < -0.4 is 5.43 Å². The monoisotopic (exact) mass is 249 g/mol. The molecule has 0 atom stereocenters. The van der Waals surface area contributed by atoms with Crippen molar-refractivity contribution >= 4 is 26.8 Å². The number of H-pyrrole nitrogens is 1. The van der Waals surface area contributed by atoms with Crippen LogP contribution in [0.15, 0.2) is 27.9 Å². The second-order valence-electron chi connectivity index (χ2n) is 2.69. The van der Waals surface area contributed by atoms with Gasteiger partial charge in [-0.2, -0.15) is 5.26 Å². The number of aromatic amines is 1. The number of nitrogens with zero attached hydrogens (tertiary/aromatic N) is 2. The summed E-state index contributed by atoms with van der Waals surface area (Å²) in [5.74, 6) is 0. The number of fused-ring (bicyclic) bond motifs is 1. The Morgan fingerprint density at radius 2 is 2.29 bits per heavy atom. The lowest BCUT2D eigenvalue weighted by Gasteiger charge is -1.98. The Morgan fingerprint density at radius 3 is 3.00 bits per heavy atom. The lowest BCUT2D eigenvalue weighted by atomic mass is 10.2. The minimum absolute atomic E-state index is 0.0948. The normalized spacial score (nSPS) is 10.0. The lowest BCUT2D eigenvalue weighted by molar-refractivity contribution is 1.28. The van der Waals surface area contributed by atoms with E-state index in [0.29, 0.717) is 15.4 Å². The molecule has 0 aliphatic carbocycles. The number of hydrogen-bond donors (Lipinski definition) is 1. The van der Waals surface area contributed by atoms with Gasteiger partial charge >= 0.3 is 0 Å². The minimum atomic E-state index is -0.296. The Kier molecular flexibility index (Phi) is 2.06. The van der Waals surface area contributed by atoms with Crippen LogP contribution in [0.4, 0.5) is 0 Å². The summed E-state index contributed by atoms with van der Waals surface area (Å²) in [6.07, 6.45) is 4.43. The van der Waals surface area contributed by atoms with Crippen molar-refractivity contribution in [2.45, 2.75) is 0 Å². The molecule has 5 heteroatoms. The molecule has 0 spiro atoms. The predicted octanol–water partition coefficient (Wildman–Crippen LogP) is 1.56. The molecule has 14 heavy (non-hydrogen) atoms. The highest BCUT2D eigenvalue weighted by Crippen LogP contribution is 2.17. The van der Waals surface area contributed by atoms with E-state index in [0.717, 1.165) is 0 Å². The van der Waals surface area contributed by atoms with E-state index in [1.54, 1.807) is 6.20 Å². The van der Waals surface area contributed by atoms with Crippen LogP contribution in [-0.4, -0.2) is 9.97 Å². The quantitative estimate of drug-likeness (QED) is 0.771. The number of nitriles is 1. The zero-order valence-corrected chi connectivity index (χ0v) is 8.50. The minimum Gasteiger partial charge on any atom is -0.359 e. The van der Waals surface area contributed by atoms with E-state index in [4.69, 9.17) is 5.26 Å². The molecule has 68 valence electrons. The van der Waals surface area contributed by atoms with E-state index >= 15 is 0 Å². The van der Waals surface area contributed by atoms with Gasteiger partial charge < -0.3 is 4.98 Å². The van der Waals surface area contributed by atoms with Gasteiger partial charge in [0.2, 0.25) is 5.43 Å². The van der Waals surface area contributed by atoms with Crippen LogP contribution in [0.5, 0.6) is 0 Å². The maximum Gasteiger partial charge on any atom is 0.208 e. The van der Waals surface area contributed by atoms with Crippen molar-refractivity contribution in [1.29, 1.82) is 5.26 Å². The molecule has 2 aromatic heterocycles. The molecule has 0 fully saturated rings. The Hall–Kier alpha value is -1.67. The highest BCUT2D eigenvalue weighted by atomic mass is 79.9. The molecule has 4 nitrogen and oxygen atoms in total. The standard InChI is InChI=1S/C9H4BrN3O/c10-7-4-12-3-6-8(7)13-2-5(1-11)9(6)14/h2-4H,(H,13,14). The molecule has 2 aromatic rings. The van der Waals surface area contributed by atoms with Gasteiger partial charge in [0.05, 0.1) is 15.4 Å². The fourth-order valence-electron chi connectivity index (χ4n) is 1.19. The molecule has 0 bridgehead atoms. The summed E-state index contributed by atoms with van der Waals surface area (Å²) in [4.78, 5) is 18.4. The Labute approximate surface area is 87.3 Å². The summed E-state index contributed by atoms with van der Waals surface area (Å²) in [7, 11) is 0. The molecule has 0 saturated heterocycles. The smallest absolute Gasteiger partial charge is 0.208 e. The first-order valence-corrected chi connectivity index (χ1v) is 4.58. The van der Waals surface area contributed by atoms with Crippen molar-refractivity contribution in [2.24, 2.45) is 0 Å². The van der Waals surface area contributed by atoms with E-state index < -0.39 is 0 Å². The van der Waals surface area contributed by atoms with E-state index in [1.165, 1.54) is 12.4 Å². The molecule has 2 heterocycles. The van der Waals surface area contributed by atoms with Crippen LogP contribution in [0.3, 0.4) is 0 Å². The molecule has 0 aliphatic heterocycles. The van der Waals surface area contributed by atoms with Gasteiger partial charge in [-0.05, 0) is 15.9 Å². The zero-order valence-electron chi connectivity index (χ0n) is 6.91. The van der Waals surface area contributed by atoms with Crippen molar-refractivity contribution < 1.29 is 0 Å². The second-order valence-corrected chi connectivity index (χ2v) is 3.54. The molecule has 0 saturated carbocycles. The third-order valence-corrected chi connectivity index (χ3v) is 2.47. The molecule has 1 N–H and O–H groups in total. The van der Waals surface area contributed by atoms with E-state index in [9.17, 15) is 4.79 Å². The van der Waals surface area contributed by atoms with Crippen molar-refractivity contribution in [3.63, 3.8) is 0 Å². The van der Waals surface area contributed by atoms with Crippen LogP contribution in [0.1, 0.15) is 5.56 Å². The van der Waals surface area contributed by atoms with E-state index in [1.807, 2.05) is 6.07 Å². The topological polar surface area (TPSA) is 69.5 Å². The number of hydrogen-bond acceptors (Lipinski definition) is 3. The predicted molar refractivity (Wildman–Crippen MR) is 54.8 cm³/mol. The highest BCUT2D eigenvalue weighted by Gasteiger charge is 2.06. The Morgan fingerprint density at radius 1 is 1.50 bits per heavy atom. The molecular formula is C9H4BrN3O. The molecule has 0 aromatic carbocycles. The van der Waals surface area contributed by atoms with Crippen LogP contribution >= 0.6 is 15.9 Å². The van der Waals surface area contributed by atoms with Gasteiger partial charge in [0.15, 0.2) is 0 Å². The lowest BCUT2D eigenvalue weighted by Crippen LogP contribution is -2.07. The van der Waals surface area contributed by atoms with Gasteiger partial charge in [0.1, 0.15) is 11.6 Å². The van der Waals surface area contributed by atoms with Crippen molar-refractivity contribution in [3.8, 4) is 6.07 Å². The largest absolute Gasteiger partial charge is 0.359 e. The third kappa shape index (κ3) is 1.20. The Bertz CT molecular complexity index is 597. The number of halogens is 1. The van der Waals surface area contributed by atoms with E-state index in [-0.39, 0.29) is 11.0 Å². The van der Waals surface area contributed by atoms with Crippen molar-refractivity contribution in [3.05, 3.63) is 38.9 Å². The zero-order chi connectivity index (χ0) is 10.1. The molecular weight excluding hydrogens is 246 g/mol. The first-order valence-electron chi connectivity index (χ1n) is 3.79. The number of pyridine rings is 2. The SMILES string of the molecule is N#Cc1c[nH]c2c(Br)cncc2c1=O. The van der Waals surface area contributed by atoms with Gasteiger partial charge in [-0.15, -0.1) is 0 Å². The third-order valence-electron chi connectivity index (χ3n) is 1.87. The Balaban J connectivity index is 3.00. The first kappa shape index (κ1) is 8.91. The number of nitrogens with one attached hydrogen (secondary N) is 1. The van der Waals surface area contributed by atoms with Crippen LogP contribution in [-0.2, 0) is 0 Å². The maximum atomic E-state index is 11.6. The van der Waals surface area contributed by atoms with Gasteiger partial charge in [-0.25, -0.2) is 0 Å². The average molecular weight is 250 g/mol. The van der Waals surface area contributed by atoms with Crippen LogP contribution in [0.2, 0.25) is 0 Å². The summed E-state index contributed by atoms with van der Waals surface area (Å²) >= 11 is 3.26. The fourth-order valence-corrected chi connectivity index (χ4v) is 1.64. The van der Waals surface area contributed by atoms with Gasteiger partial charge in [0.25, 0.3) is 0 Å². The fraction of sp³-hybridized carbons (Fsp3) is 0. The van der Waals surface area contributed by atoms with E-state index in [2.05, 4.69) is 25.9 Å². The number of rotatable bonds is 0. The van der Waals surface area contributed by atoms with Gasteiger partial charge in [-0.1, -0.05) is 0 Å². The average Bonchev–Trinajstić information content (AvgIpc) is 2.20. The molecule has 2 rings (SSSR count). The summed E-state index contributed by atoms with van der Waals surface area (Å²) in [5.41, 5.74) is 0.455. The first-order chi connectivity index (χ1) is 6.74. The molecule has 0 aliphatic rings. The maximum absolute atomic E-state index is 11.6. The van der Waals surface area contributed by atoms with Crippen molar-refractivity contribution in [2.75, 3.05) is 0 Å². The summed E-state index contributed by atoms with van der Waals surface area (Å²) in [6, 6.07) is 1.82. The van der Waals surface area contributed by atoms with Gasteiger partial charge in [-0.3, -0.25) is 9.78 Å². The van der Waals surface area contributed by atoms with Crippen molar-refractivity contribution in [1.82, 2.24) is 9.97 Å². The van der Waals surface area contributed by atoms with Crippen LogP contribution in [0, 0.1) is 11.3 Å². The molecule has 0 amide bonds. The number of aromatic nitrogens is 2. The molecule has 0 unspecified atom stereocenters. The summed E-state index contributed by atoms with van der Waals surface area (Å²) < 4.78 is 0.705. The van der Waals surface area contributed by atoms with Gasteiger partial charge in [0, 0.05) is 18.6 Å². The summed E-state index contributed by atoms with van der Waals surface area (Å²) in [6.45, 7) is 0.